The summed E-state index contributed by atoms with van der Waals surface area (Å²) in [4.78, 5) is 9.10. The van der Waals surface area contributed by atoms with Crippen LogP contribution in [0.25, 0.3) is 11.4 Å². The molecule has 0 spiro atoms. The summed E-state index contributed by atoms with van der Waals surface area (Å²) in [5.74, 6) is 1.34. The minimum atomic E-state index is -0.0751. The van der Waals surface area contributed by atoms with E-state index in [0.29, 0.717) is 15.9 Å². The Morgan fingerprint density at radius 1 is 1.10 bits per heavy atom. The van der Waals surface area contributed by atoms with Gasteiger partial charge >= 0.3 is 0 Å². The number of aromatic nitrogens is 2. The first-order valence-corrected chi connectivity index (χ1v) is 7.10. The van der Waals surface area contributed by atoms with E-state index >= 15 is 0 Å². The predicted molar refractivity (Wildman–Crippen MR) is 85.7 cm³/mol. The van der Waals surface area contributed by atoms with Crippen LogP contribution in [0, 0.1) is 0 Å². The summed E-state index contributed by atoms with van der Waals surface area (Å²) in [6.07, 6.45) is 0. The molecule has 0 aliphatic rings. The molecule has 2 aromatic rings. The zero-order chi connectivity index (χ0) is 14.9. The molecule has 5 heteroatoms. The lowest BCUT2D eigenvalue weighted by Crippen LogP contribution is -2.15. The Morgan fingerprint density at radius 3 is 2.40 bits per heavy atom. The van der Waals surface area contributed by atoms with Gasteiger partial charge in [0.25, 0.3) is 0 Å². The zero-order valence-corrected chi connectivity index (χ0v) is 13.5. The second-order valence-corrected chi connectivity index (χ2v) is 6.35. The topological polar surface area (TPSA) is 37.8 Å². The van der Waals surface area contributed by atoms with E-state index in [2.05, 4.69) is 36.1 Å². The normalized spacial score (nSPS) is 11.5. The van der Waals surface area contributed by atoms with Gasteiger partial charge in [0, 0.05) is 24.1 Å². The molecule has 1 aromatic heterocycles. The Kier molecular flexibility index (Phi) is 4.21. The van der Waals surface area contributed by atoms with Gasteiger partial charge in [0.05, 0.1) is 15.7 Å². The molecule has 0 aliphatic carbocycles. The van der Waals surface area contributed by atoms with Gasteiger partial charge in [-0.3, -0.25) is 0 Å². The molecule has 20 heavy (non-hydrogen) atoms. The molecule has 3 nitrogen and oxygen atoms in total. The van der Waals surface area contributed by atoms with E-state index in [-0.39, 0.29) is 5.41 Å². The average Bonchev–Trinajstić information content (AvgIpc) is 2.40. The zero-order valence-electron chi connectivity index (χ0n) is 12.0. The van der Waals surface area contributed by atoms with Gasteiger partial charge in [0.1, 0.15) is 5.82 Å². The van der Waals surface area contributed by atoms with Crippen LogP contribution >= 0.6 is 23.2 Å². The van der Waals surface area contributed by atoms with Crippen molar-refractivity contribution in [3.63, 3.8) is 0 Å². The molecule has 2 rings (SSSR count). The van der Waals surface area contributed by atoms with Crippen molar-refractivity contribution in [3.05, 3.63) is 40.0 Å². The van der Waals surface area contributed by atoms with Gasteiger partial charge < -0.3 is 5.32 Å². The molecule has 0 fully saturated rings. The summed E-state index contributed by atoms with van der Waals surface area (Å²) < 4.78 is 0. The van der Waals surface area contributed by atoms with Crippen molar-refractivity contribution in [2.75, 3.05) is 12.4 Å². The summed E-state index contributed by atoms with van der Waals surface area (Å²) in [7, 11) is 1.83. The van der Waals surface area contributed by atoms with Crippen molar-refractivity contribution in [3.8, 4) is 11.4 Å². The molecule has 0 saturated heterocycles. The van der Waals surface area contributed by atoms with E-state index < -0.39 is 0 Å². The largest absolute Gasteiger partial charge is 0.373 e. The van der Waals surface area contributed by atoms with Crippen LogP contribution < -0.4 is 5.32 Å². The molecule has 0 radical (unpaired) electrons. The van der Waals surface area contributed by atoms with Gasteiger partial charge in [-0.25, -0.2) is 9.97 Å². The fraction of sp³-hybridized carbons (Fsp3) is 0.333. The molecule has 0 aliphatic heterocycles. The number of hydrogen-bond acceptors (Lipinski definition) is 3. The van der Waals surface area contributed by atoms with Crippen LogP contribution in [0.15, 0.2) is 24.3 Å². The summed E-state index contributed by atoms with van der Waals surface area (Å²) in [6.45, 7) is 6.33. The maximum Gasteiger partial charge on any atom is 0.163 e. The molecule has 106 valence electrons. The van der Waals surface area contributed by atoms with E-state index in [4.69, 9.17) is 23.2 Å². The van der Waals surface area contributed by atoms with E-state index in [1.807, 2.05) is 25.2 Å². The minimum absolute atomic E-state index is 0.0751. The molecule has 1 aromatic carbocycles. The predicted octanol–water partition coefficient (Wildman–Crippen LogP) is 4.79. The number of anilines is 1. The number of rotatable bonds is 2. The highest BCUT2D eigenvalue weighted by Gasteiger charge is 2.19. The quantitative estimate of drug-likeness (QED) is 0.866. The molecule has 0 bridgehead atoms. The second kappa shape index (κ2) is 5.58. The van der Waals surface area contributed by atoms with Gasteiger partial charge in [-0.1, -0.05) is 50.0 Å². The molecule has 0 unspecified atom stereocenters. The van der Waals surface area contributed by atoms with Gasteiger partial charge in [0.15, 0.2) is 5.82 Å². The highest BCUT2D eigenvalue weighted by Crippen LogP contribution is 2.33. The summed E-state index contributed by atoms with van der Waals surface area (Å²) in [5, 5.41) is 4.03. The molecule has 1 heterocycles. The molecule has 0 atom stereocenters. The standard InChI is InChI=1S/C15H17Cl2N3/c1-15(2,3)11-8-12(18-4)20-14(19-11)9-6-5-7-10(16)13(9)17/h5-8H,1-4H3,(H,18,19,20). The maximum atomic E-state index is 6.26. The number of nitrogens with zero attached hydrogens (tertiary/aromatic N) is 2. The van der Waals surface area contributed by atoms with Crippen molar-refractivity contribution in [2.24, 2.45) is 0 Å². The highest BCUT2D eigenvalue weighted by atomic mass is 35.5. The van der Waals surface area contributed by atoms with E-state index in [9.17, 15) is 0 Å². The fourth-order valence-corrected chi connectivity index (χ4v) is 2.14. The second-order valence-electron chi connectivity index (χ2n) is 5.56. The highest BCUT2D eigenvalue weighted by molar-refractivity contribution is 6.43. The average molecular weight is 310 g/mol. The third-order valence-electron chi connectivity index (χ3n) is 2.94. The smallest absolute Gasteiger partial charge is 0.163 e. The third kappa shape index (κ3) is 3.05. The summed E-state index contributed by atoms with van der Waals surface area (Å²) in [5.41, 5.74) is 1.61. The maximum absolute atomic E-state index is 6.26. The summed E-state index contributed by atoms with van der Waals surface area (Å²) in [6, 6.07) is 7.41. The first-order valence-electron chi connectivity index (χ1n) is 6.34. The number of hydrogen-bond donors (Lipinski definition) is 1. The van der Waals surface area contributed by atoms with Crippen LogP contribution in [0.1, 0.15) is 26.5 Å². The number of halogens is 2. The van der Waals surface area contributed by atoms with E-state index in [1.54, 1.807) is 6.07 Å². The third-order valence-corrected chi connectivity index (χ3v) is 3.76. The monoisotopic (exact) mass is 309 g/mol. The number of benzene rings is 1. The van der Waals surface area contributed by atoms with Crippen molar-refractivity contribution >= 4 is 29.0 Å². The van der Waals surface area contributed by atoms with Gasteiger partial charge in [-0.15, -0.1) is 0 Å². The lowest BCUT2D eigenvalue weighted by Gasteiger charge is -2.19. The van der Waals surface area contributed by atoms with Crippen LogP contribution in [0.5, 0.6) is 0 Å². The molecular formula is C15H17Cl2N3. The minimum Gasteiger partial charge on any atom is -0.373 e. The Balaban J connectivity index is 2.65. The SMILES string of the molecule is CNc1cc(C(C)(C)C)nc(-c2cccc(Cl)c2Cl)n1. The van der Waals surface area contributed by atoms with Crippen LogP contribution in [-0.4, -0.2) is 17.0 Å². The van der Waals surface area contributed by atoms with Gasteiger partial charge in [0.2, 0.25) is 0 Å². The van der Waals surface area contributed by atoms with Crippen LogP contribution in [0.4, 0.5) is 5.82 Å². The van der Waals surface area contributed by atoms with Crippen molar-refractivity contribution < 1.29 is 0 Å². The van der Waals surface area contributed by atoms with Gasteiger partial charge in [-0.2, -0.15) is 0 Å². The Labute approximate surface area is 129 Å². The summed E-state index contributed by atoms with van der Waals surface area (Å²) >= 11 is 12.3. The molecule has 0 amide bonds. The van der Waals surface area contributed by atoms with E-state index in [1.165, 1.54) is 0 Å². The van der Waals surface area contributed by atoms with Crippen LogP contribution in [0.2, 0.25) is 10.0 Å². The lowest BCUT2D eigenvalue weighted by molar-refractivity contribution is 0.568. The number of nitrogens with one attached hydrogen (secondary N) is 1. The van der Waals surface area contributed by atoms with Crippen molar-refractivity contribution in [1.82, 2.24) is 9.97 Å². The Bertz CT molecular complexity index is 634. The van der Waals surface area contributed by atoms with Crippen molar-refractivity contribution in [2.45, 2.75) is 26.2 Å². The molecule has 0 saturated carbocycles. The first-order chi connectivity index (χ1) is 9.32. The van der Waals surface area contributed by atoms with Gasteiger partial charge in [-0.05, 0) is 12.1 Å². The Hall–Kier alpha value is -1.32. The van der Waals surface area contributed by atoms with Crippen molar-refractivity contribution in [1.29, 1.82) is 0 Å². The van der Waals surface area contributed by atoms with Crippen LogP contribution in [0.3, 0.4) is 0 Å². The Morgan fingerprint density at radius 2 is 1.80 bits per heavy atom. The first kappa shape index (κ1) is 15.1. The lowest BCUT2D eigenvalue weighted by atomic mass is 9.92. The fourth-order valence-electron chi connectivity index (χ4n) is 1.76. The molecular weight excluding hydrogens is 293 g/mol. The van der Waals surface area contributed by atoms with Crippen LogP contribution in [-0.2, 0) is 5.41 Å². The molecule has 1 N–H and O–H groups in total. The van der Waals surface area contributed by atoms with E-state index in [0.717, 1.165) is 17.1 Å².